The average molecular weight is 368 g/mol. The number of carbonyl (C=O) groups excluding carboxylic acids is 1. The van der Waals surface area contributed by atoms with Crippen LogP contribution in [0.25, 0.3) is 0 Å². The average Bonchev–Trinajstić information content (AvgIpc) is 3.16. The van der Waals surface area contributed by atoms with Gasteiger partial charge in [-0.25, -0.2) is 0 Å². The molecule has 0 aromatic heterocycles. The Kier molecular flexibility index (Phi) is 5.82. The van der Waals surface area contributed by atoms with E-state index in [1.807, 2.05) is 13.2 Å². The minimum Gasteiger partial charge on any atom is -0.377 e. The van der Waals surface area contributed by atoms with Crippen LogP contribution in [0.1, 0.15) is 63.0 Å². The van der Waals surface area contributed by atoms with Gasteiger partial charge in [0.2, 0.25) is 0 Å². The van der Waals surface area contributed by atoms with E-state index in [-0.39, 0.29) is 5.91 Å². The molecule has 27 heavy (non-hydrogen) atoms. The van der Waals surface area contributed by atoms with Crippen molar-refractivity contribution < 1.29 is 4.79 Å². The predicted octanol–water partition coefficient (Wildman–Crippen LogP) is 4.34. The Balaban J connectivity index is 1.38. The summed E-state index contributed by atoms with van der Waals surface area (Å²) >= 11 is 0. The Labute approximate surface area is 163 Å². The number of piperidine rings is 2. The van der Waals surface area contributed by atoms with Gasteiger partial charge in [0.15, 0.2) is 0 Å². The Hall–Kier alpha value is -1.81. The van der Waals surface area contributed by atoms with Crippen LogP contribution in [0.5, 0.6) is 0 Å². The molecule has 2 atom stereocenters. The number of hydrogen-bond donors (Lipinski definition) is 0. The first kappa shape index (κ1) is 18.5. The summed E-state index contributed by atoms with van der Waals surface area (Å²) in [6.45, 7) is 3.39. The topological polar surface area (TPSA) is 26.8 Å². The van der Waals surface area contributed by atoms with Gasteiger partial charge in [-0.15, -0.1) is 0 Å². The van der Waals surface area contributed by atoms with Crippen molar-refractivity contribution in [3.63, 3.8) is 0 Å². The van der Waals surface area contributed by atoms with E-state index >= 15 is 0 Å². The third kappa shape index (κ3) is 4.21. The van der Waals surface area contributed by atoms with Gasteiger partial charge in [-0.3, -0.25) is 9.69 Å². The van der Waals surface area contributed by atoms with Gasteiger partial charge < -0.3 is 9.80 Å². The molecule has 0 N–H and O–H groups in total. The van der Waals surface area contributed by atoms with Gasteiger partial charge in [-0.2, -0.15) is 0 Å². The Bertz CT molecular complexity index is 663. The lowest BCUT2D eigenvalue weighted by molar-refractivity contribution is -0.114. The second-order valence-corrected chi connectivity index (χ2v) is 8.38. The molecule has 4 heteroatoms. The SMILES string of the molecule is CN(C(=O)/C=C/N1CCCCC1)c1ccc(C2CCC3CCCCN32)cc1. The van der Waals surface area contributed by atoms with Crippen molar-refractivity contribution in [3.8, 4) is 0 Å². The van der Waals surface area contributed by atoms with E-state index in [1.165, 1.54) is 63.5 Å². The molecule has 1 aromatic carbocycles. The normalized spacial score (nSPS) is 26.3. The summed E-state index contributed by atoms with van der Waals surface area (Å²) in [6, 6.07) is 10.1. The van der Waals surface area contributed by atoms with Crippen molar-refractivity contribution in [2.45, 2.75) is 63.5 Å². The molecule has 3 saturated heterocycles. The Morgan fingerprint density at radius 1 is 0.963 bits per heavy atom. The molecule has 0 saturated carbocycles. The monoisotopic (exact) mass is 367 g/mol. The first-order valence-corrected chi connectivity index (χ1v) is 10.8. The van der Waals surface area contributed by atoms with E-state index in [0.29, 0.717) is 6.04 Å². The summed E-state index contributed by atoms with van der Waals surface area (Å²) in [7, 11) is 1.87. The number of amides is 1. The third-order valence-corrected chi connectivity index (χ3v) is 6.66. The van der Waals surface area contributed by atoms with Crippen molar-refractivity contribution in [1.29, 1.82) is 0 Å². The number of anilines is 1. The maximum absolute atomic E-state index is 12.5. The number of fused-ring (bicyclic) bond motifs is 1. The van der Waals surface area contributed by atoms with Crippen LogP contribution in [0, 0.1) is 0 Å². The van der Waals surface area contributed by atoms with Crippen molar-refractivity contribution >= 4 is 11.6 Å². The molecule has 0 radical (unpaired) electrons. The largest absolute Gasteiger partial charge is 0.377 e. The number of benzene rings is 1. The minimum absolute atomic E-state index is 0.0466. The zero-order valence-electron chi connectivity index (χ0n) is 16.6. The van der Waals surface area contributed by atoms with Crippen molar-refractivity contribution in [3.05, 3.63) is 42.1 Å². The minimum atomic E-state index is 0.0466. The molecule has 146 valence electrons. The van der Waals surface area contributed by atoms with E-state index < -0.39 is 0 Å². The van der Waals surface area contributed by atoms with Crippen LogP contribution in [-0.2, 0) is 4.79 Å². The van der Waals surface area contributed by atoms with E-state index in [0.717, 1.165) is 24.8 Å². The summed E-state index contributed by atoms with van der Waals surface area (Å²) in [5.74, 6) is 0.0466. The molecule has 3 aliphatic heterocycles. The number of carbonyl (C=O) groups is 1. The van der Waals surface area contributed by atoms with E-state index in [4.69, 9.17) is 0 Å². The smallest absolute Gasteiger partial charge is 0.252 e. The first-order valence-electron chi connectivity index (χ1n) is 10.8. The highest BCUT2D eigenvalue weighted by Gasteiger charge is 2.35. The molecule has 4 nitrogen and oxygen atoms in total. The van der Waals surface area contributed by atoms with Gasteiger partial charge in [0.25, 0.3) is 5.91 Å². The lowest BCUT2D eigenvalue weighted by Crippen LogP contribution is -2.35. The zero-order chi connectivity index (χ0) is 18.6. The van der Waals surface area contributed by atoms with Gasteiger partial charge in [-0.05, 0) is 69.2 Å². The second kappa shape index (κ2) is 8.47. The standard InChI is InChI=1S/C23H33N3O/c1-24(23(27)14-18-25-15-4-2-5-16-25)20-10-8-19(9-11-20)22-13-12-21-7-3-6-17-26(21)22/h8-11,14,18,21-22H,2-7,12-13,15-17H2,1H3/b18-14+. The Morgan fingerprint density at radius 3 is 2.48 bits per heavy atom. The third-order valence-electron chi connectivity index (χ3n) is 6.66. The highest BCUT2D eigenvalue weighted by Crippen LogP contribution is 2.40. The van der Waals surface area contributed by atoms with Crippen LogP contribution in [-0.4, -0.2) is 48.4 Å². The van der Waals surface area contributed by atoms with Crippen LogP contribution in [0.4, 0.5) is 5.69 Å². The Morgan fingerprint density at radius 2 is 1.70 bits per heavy atom. The van der Waals surface area contributed by atoms with Gasteiger partial charge in [-0.1, -0.05) is 18.6 Å². The fourth-order valence-corrected chi connectivity index (χ4v) is 5.01. The van der Waals surface area contributed by atoms with Gasteiger partial charge in [0.05, 0.1) is 0 Å². The molecule has 4 rings (SSSR count). The molecule has 0 bridgehead atoms. The summed E-state index contributed by atoms with van der Waals surface area (Å²) in [6.07, 6.45) is 14.2. The van der Waals surface area contributed by atoms with Crippen LogP contribution in [0.15, 0.2) is 36.5 Å². The van der Waals surface area contributed by atoms with Crippen LogP contribution in [0.3, 0.4) is 0 Å². The number of hydrogen-bond acceptors (Lipinski definition) is 3. The molecule has 0 aliphatic carbocycles. The van der Waals surface area contributed by atoms with Crippen molar-refractivity contribution in [1.82, 2.24) is 9.80 Å². The molecule has 3 fully saturated rings. The highest BCUT2D eigenvalue weighted by atomic mass is 16.2. The maximum Gasteiger partial charge on any atom is 0.252 e. The molecule has 3 heterocycles. The molecule has 1 aromatic rings. The van der Waals surface area contributed by atoms with Gasteiger partial charge >= 0.3 is 0 Å². The van der Waals surface area contributed by atoms with Crippen molar-refractivity contribution in [2.24, 2.45) is 0 Å². The molecule has 0 spiro atoms. The number of nitrogens with zero attached hydrogens (tertiary/aromatic N) is 3. The van der Waals surface area contributed by atoms with E-state index in [2.05, 4.69) is 34.1 Å². The number of likely N-dealkylation sites (tertiary alicyclic amines) is 1. The molecule has 3 aliphatic rings. The van der Waals surface area contributed by atoms with Gasteiger partial charge in [0.1, 0.15) is 0 Å². The summed E-state index contributed by atoms with van der Waals surface area (Å²) in [5.41, 5.74) is 2.38. The van der Waals surface area contributed by atoms with E-state index in [1.54, 1.807) is 11.0 Å². The summed E-state index contributed by atoms with van der Waals surface area (Å²) in [4.78, 5) is 19.2. The first-order chi connectivity index (χ1) is 13.2. The molecular formula is C23H33N3O. The predicted molar refractivity (Wildman–Crippen MR) is 111 cm³/mol. The highest BCUT2D eigenvalue weighted by molar-refractivity contribution is 6.00. The fraction of sp³-hybridized carbons (Fsp3) is 0.609. The van der Waals surface area contributed by atoms with Gasteiger partial charge in [0, 0.05) is 50.2 Å². The zero-order valence-corrected chi connectivity index (χ0v) is 16.6. The lowest BCUT2D eigenvalue weighted by atomic mass is 10.0. The molecular weight excluding hydrogens is 334 g/mol. The van der Waals surface area contributed by atoms with Crippen LogP contribution in [0.2, 0.25) is 0 Å². The fourth-order valence-electron chi connectivity index (χ4n) is 5.01. The summed E-state index contributed by atoms with van der Waals surface area (Å²) < 4.78 is 0. The van der Waals surface area contributed by atoms with Crippen LogP contribution >= 0.6 is 0 Å². The molecule has 2 unspecified atom stereocenters. The summed E-state index contributed by atoms with van der Waals surface area (Å²) in [5, 5.41) is 0. The second-order valence-electron chi connectivity index (χ2n) is 8.38. The lowest BCUT2D eigenvalue weighted by Gasteiger charge is -2.34. The number of likely N-dealkylation sites (N-methyl/N-ethyl adjacent to an activating group) is 1. The molecule has 1 amide bonds. The number of rotatable bonds is 4. The van der Waals surface area contributed by atoms with E-state index in [9.17, 15) is 4.79 Å². The maximum atomic E-state index is 12.5. The van der Waals surface area contributed by atoms with Crippen LogP contribution < -0.4 is 4.90 Å². The quantitative estimate of drug-likeness (QED) is 0.741. The van der Waals surface area contributed by atoms with Crippen molar-refractivity contribution in [2.75, 3.05) is 31.6 Å².